The molecule has 5 heteroatoms. The van der Waals surface area contributed by atoms with E-state index in [0.717, 1.165) is 30.0 Å². The van der Waals surface area contributed by atoms with Crippen LogP contribution in [0.5, 0.6) is 11.5 Å². The number of anilines is 1. The summed E-state index contributed by atoms with van der Waals surface area (Å²) in [6.45, 7) is 1.18. The van der Waals surface area contributed by atoms with E-state index < -0.39 is 0 Å². The van der Waals surface area contributed by atoms with Crippen LogP contribution in [0.4, 0.5) is 5.69 Å². The summed E-state index contributed by atoms with van der Waals surface area (Å²) in [5, 5.41) is 7.27. The molecule has 2 aromatic rings. The van der Waals surface area contributed by atoms with Crippen LogP contribution in [0.2, 0.25) is 0 Å². The first-order chi connectivity index (χ1) is 11.3. The second kappa shape index (κ2) is 6.08. The molecule has 2 aliphatic rings. The molecule has 0 spiro atoms. The minimum absolute atomic E-state index is 0.351. The molecule has 1 heterocycles. The van der Waals surface area contributed by atoms with Gasteiger partial charge >= 0.3 is 0 Å². The molecule has 0 unspecified atom stereocenters. The largest absolute Gasteiger partial charge is 0.486 e. The van der Waals surface area contributed by atoms with Crippen LogP contribution in [0, 0.1) is 0 Å². The molecule has 0 aromatic heterocycles. The van der Waals surface area contributed by atoms with E-state index in [1.165, 1.54) is 11.1 Å². The van der Waals surface area contributed by atoms with Gasteiger partial charge in [0.05, 0.1) is 0 Å². The van der Waals surface area contributed by atoms with Crippen LogP contribution in [-0.4, -0.2) is 24.4 Å². The first-order valence-electron chi connectivity index (χ1n) is 7.82. The highest BCUT2D eigenvalue weighted by molar-refractivity contribution is 7.80. The molecule has 0 saturated heterocycles. The van der Waals surface area contributed by atoms with Gasteiger partial charge in [0.25, 0.3) is 0 Å². The molecular formula is C18H18N2O2S. The lowest BCUT2D eigenvalue weighted by molar-refractivity contribution is 0.171. The molecule has 1 aliphatic heterocycles. The van der Waals surface area contributed by atoms with Gasteiger partial charge in [-0.25, -0.2) is 0 Å². The molecule has 0 bridgehead atoms. The fourth-order valence-corrected chi connectivity index (χ4v) is 3.42. The summed E-state index contributed by atoms with van der Waals surface area (Å²) in [7, 11) is 0. The van der Waals surface area contributed by atoms with E-state index in [1.54, 1.807) is 0 Å². The summed E-state index contributed by atoms with van der Waals surface area (Å²) in [5.74, 6) is 1.55. The first-order valence-corrected chi connectivity index (χ1v) is 8.23. The standard InChI is InChI=1S/C18H18N2O2S/c23-18(20-15-9-12-3-1-2-4-13(12)10-15)19-14-5-6-16-17(11-14)22-8-7-21-16/h1-6,11,15H,7-10H2,(H2,19,20,23). The Balaban J connectivity index is 1.38. The zero-order chi connectivity index (χ0) is 15.6. The molecule has 0 amide bonds. The molecule has 2 N–H and O–H groups in total. The lowest BCUT2D eigenvalue weighted by Crippen LogP contribution is -2.38. The molecule has 0 fully saturated rings. The summed E-state index contributed by atoms with van der Waals surface area (Å²) in [4.78, 5) is 0. The molecule has 1 aliphatic carbocycles. The number of benzene rings is 2. The second-order valence-electron chi connectivity index (χ2n) is 5.83. The topological polar surface area (TPSA) is 42.5 Å². The minimum Gasteiger partial charge on any atom is -0.486 e. The maximum Gasteiger partial charge on any atom is 0.171 e. The number of thiocarbonyl (C=S) groups is 1. The van der Waals surface area contributed by atoms with Crippen molar-refractivity contribution in [3.05, 3.63) is 53.6 Å². The van der Waals surface area contributed by atoms with Gasteiger partial charge in [0.15, 0.2) is 16.6 Å². The smallest absolute Gasteiger partial charge is 0.171 e. The first kappa shape index (κ1) is 14.3. The summed E-state index contributed by atoms with van der Waals surface area (Å²) in [6.07, 6.45) is 2.03. The molecular weight excluding hydrogens is 308 g/mol. The number of fused-ring (bicyclic) bond motifs is 2. The number of nitrogens with one attached hydrogen (secondary N) is 2. The molecule has 4 rings (SSSR count). The Morgan fingerprint density at radius 2 is 1.65 bits per heavy atom. The normalized spacial score (nSPS) is 15.8. The van der Waals surface area contributed by atoms with Crippen molar-refractivity contribution in [1.29, 1.82) is 0 Å². The molecule has 0 radical (unpaired) electrons. The molecule has 23 heavy (non-hydrogen) atoms. The Hall–Kier alpha value is -2.27. The monoisotopic (exact) mass is 326 g/mol. The predicted molar refractivity (Wildman–Crippen MR) is 94.4 cm³/mol. The number of ether oxygens (including phenoxy) is 2. The van der Waals surface area contributed by atoms with Gasteiger partial charge in [0, 0.05) is 17.8 Å². The fourth-order valence-electron chi connectivity index (χ4n) is 3.13. The van der Waals surface area contributed by atoms with Crippen molar-refractivity contribution in [2.45, 2.75) is 18.9 Å². The van der Waals surface area contributed by atoms with Gasteiger partial charge in [0.2, 0.25) is 0 Å². The Kier molecular flexibility index (Phi) is 3.79. The van der Waals surface area contributed by atoms with Crippen molar-refractivity contribution in [1.82, 2.24) is 5.32 Å². The maximum absolute atomic E-state index is 5.59. The van der Waals surface area contributed by atoms with Gasteiger partial charge in [-0.2, -0.15) is 0 Å². The van der Waals surface area contributed by atoms with Crippen LogP contribution >= 0.6 is 12.2 Å². The average Bonchev–Trinajstić information content (AvgIpc) is 2.96. The van der Waals surface area contributed by atoms with Crippen LogP contribution in [0.25, 0.3) is 0 Å². The predicted octanol–water partition coefficient (Wildman–Crippen LogP) is 2.91. The third-order valence-corrected chi connectivity index (χ3v) is 4.41. The number of hydrogen-bond acceptors (Lipinski definition) is 3. The van der Waals surface area contributed by atoms with Crippen LogP contribution in [-0.2, 0) is 12.8 Å². The third-order valence-electron chi connectivity index (χ3n) is 4.19. The average molecular weight is 326 g/mol. The Morgan fingerprint density at radius 3 is 2.39 bits per heavy atom. The second-order valence-corrected chi connectivity index (χ2v) is 6.24. The van der Waals surface area contributed by atoms with Crippen molar-refractivity contribution in [2.75, 3.05) is 18.5 Å². The van der Waals surface area contributed by atoms with Crippen molar-refractivity contribution in [3.8, 4) is 11.5 Å². The lowest BCUT2D eigenvalue weighted by Gasteiger charge is -2.20. The van der Waals surface area contributed by atoms with E-state index >= 15 is 0 Å². The van der Waals surface area contributed by atoms with Crippen LogP contribution < -0.4 is 20.1 Å². The Morgan fingerprint density at radius 1 is 0.957 bits per heavy atom. The van der Waals surface area contributed by atoms with E-state index in [2.05, 4.69) is 34.9 Å². The quantitative estimate of drug-likeness (QED) is 0.831. The van der Waals surface area contributed by atoms with Crippen molar-refractivity contribution in [2.24, 2.45) is 0 Å². The molecule has 4 nitrogen and oxygen atoms in total. The van der Waals surface area contributed by atoms with Crippen LogP contribution in [0.1, 0.15) is 11.1 Å². The van der Waals surface area contributed by atoms with Crippen molar-refractivity contribution in [3.63, 3.8) is 0 Å². The van der Waals surface area contributed by atoms with E-state index in [0.29, 0.717) is 24.4 Å². The lowest BCUT2D eigenvalue weighted by atomic mass is 10.1. The summed E-state index contributed by atoms with van der Waals surface area (Å²) in [5.41, 5.74) is 3.72. The van der Waals surface area contributed by atoms with Gasteiger partial charge in [-0.15, -0.1) is 0 Å². The van der Waals surface area contributed by atoms with Crippen LogP contribution in [0.3, 0.4) is 0 Å². The SMILES string of the molecule is S=C(Nc1ccc2c(c1)OCCO2)NC1Cc2ccccc2C1. The Labute approximate surface area is 140 Å². The fraction of sp³-hybridized carbons (Fsp3) is 0.278. The van der Waals surface area contributed by atoms with Gasteiger partial charge < -0.3 is 20.1 Å². The van der Waals surface area contributed by atoms with Crippen molar-refractivity contribution < 1.29 is 9.47 Å². The van der Waals surface area contributed by atoms with Crippen LogP contribution in [0.15, 0.2) is 42.5 Å². The highest BCUT2D eigenvalue weighted by Crippen LogP contribution is 2.32. The van der Waals surface area contributed by atoms with E-state index in [1.807, 2.05) is 18.2 Å². The maximum atomic E-state index is 5.59. The van der Waals surface area contributed by atoms with Gasteiger partial charge in [0.1, 0.15) is 13.2 Å². The highest BCUT2D eigenvalue weighted by Gasteiger charge is 2.21. The van der Waals surface area contributed by atoms with Gasteiger partial charge in [-0.05, 0) is 48.3 Å². The van der Waals surface area contributed by atoms with E-state index in [9.17, 15) is 0 Å². The number of hydrogen-bond donors (Lipinski definition) is 2. The number of rotatable bonds is 2. The van der Waals surface area contributed by atoms with E-state index in [-0.39, 0.29) is 0 Å². The third kappa shape index (κ3) is 3.10. The summed E-state index contributed by atoms with van der Waals surface area (Å²) < 4.78 is 11.1. The molecule has 2 aromatic carbocycles. The van der Waals surface area contributed by atoms with Gasteiger partial charge in [-0.3, -0.25) is 0 Å². The molecule has 0 atom stereocenters. The zero-order valence-corrected chi connectivity index (χ0v) is 13.5. The van der Waals surface area contributed by atoms with Gasteiger partial charge in [-0.1, -0.05) is 24.3 Å². The molecule has 0 saturated carbocycles. The zero-order valence-electron chi connectivity index (χ0n) is 12.7. The summed E-state index contributed by atoms with van der Waals surface area (Å²) in [6, 6.07) is 14.7. The Bertz CT molecular complexity index is 723. The molecule has 118 valence electrons. The van der Waals surface area contributed by atoms with E-state index in [4.69, 9.17) is 21.7 Å². The van der Waals surface area contributed by atoms with Crippen molar-refractivity contribution >= 4 is 23.0 Å². The highest BCUT2D eigenvalue weighted by atomic mass is 32.1. The summed E-state index contributed by atoms with van der Waals surface area (Å²) >= 11 is 5.44. The minimum atomic E-state index is 0.351.